The number of aryl methyl sites for hydroxylation is 1. The quantitative estimate of drug-likeness (QED) is 0.778. The largest absolute Gasteiger partial charge is 0.326 e. The monoisotopic (exact) mass is 350 g/mol. The molecule has 23 heavy (non-hydrogen) atoms. The molecule has 2 amide bonds. The van der Waals surface area contributed by atoms with E-state index in [4.69, 9.17) is 23.2 Å². The van der Waals surface area contributed by atoms with Gasteiger partial charge in [-0.3, -0.25) is 9.59 Å². The van der Waals surface area contributed by atoms with E-state index in [9.17, 15) is 9.59 Å². The fourth-order valence-corrected chi connectivity index (χ4v) is 2.65. The number of hydrogen-bond acceptors (Lipinski definition) is 2. The topological polar surface area (TPSA) is 58.2 Å². The van der Waals surface area contributed by atoms with Crippen LogP contribution in [0.5, 0.6) is 0 Å². The summed E-state index contributed by atoms with van der Waals surface area (Å²) in [6, 6.07) is 12.2. The molecule has 2 aromatic carbocycles. The summed E-state index contributed by atoms with van der Waals surface area (Å²) < 4.78 is 0. The van der Waals surface area contributed by atoms with Crippen molar-refractivity contribution in [3.8, 4) is 0 Å². The molecule has 0 aliphatic rings. The molecule has 0 atom stereocenters. The first-order valence-electron chi connectivity index (χ1n) is 7.11. The van der Waals surface area contributed by atoms with Crippen molar-refractivity contribution in [1.82, 2.24) is 0 Å². The predicted octanol–water partition coefficient (Wildman–Crippen LogP) is 4.52. The van der Waals surface area contributed by atoms with Crippen molar-refractivity contribution in [3.05, 3.63) is 58.1 Å². The van der Waals surface area contributed by atoms with Crippen molar-refractivity contribution in [1.29, 1.82) is 0 Å². The SMILES string of the molecule is CCc1ccccc1NC(=O)CC(=O)Nc1cc(Cl)cc(Cl)c1. The number of rotatable bonds is 5. The van der Waals surface area contributed by atoms with E-state index in [1.54, 1.807) is 18.2 Å². The number of para-hydroxylation sites is 1. The first kappa shape index (κ1) is 17.3. The van der Waals surface area contributed by atoms with Crippen LogP contribution in [0.2, 0.25) is 10.0 Å². The van der Waals surface area contributed by atoms with E-state index in [0.717, 1.165) is 17.7 Å². The lowest BCUT2D eigenvalue weighted by Crippen LogP contribution is -2.21. The molecular weight excluding hydrogens is 335 g/mol. The summed E-state index contributed by atoms with van der Waals surface area (Å²) in [6.07, 6.45) is 0.506. The Morgan fingerprint density at radius 1 is 0.957 bits per heavy atom. The highest BCUT2D eigenvalue weighted by Gasteiger charge is 2.12. The number of halogens is 2. The van der Waals surface area contributed by atoms with Crippen molar-refractivity contribution in [2.24, 2.45) is 0 Å². The summed E-state index contributed by atoms with van der Waals surface area (Å²) in [5, 5.41) is 6.17. The van der Waals surface area contributed by atoms with E-state index >= 15 is 0 Å². The molecule has 6 heteroatoms. The van der Waals surface area contributed by atoms with Gasteiger partial charge in [0.05, 0.1) is 0 Å². The Balaban J connectivity index is 1.96. The maximum atomic E-state index is 12.0. The average molecular weight is 351 g/mol. The molecule has 0 heterocycles. The van der Waals surface area contributed by atoms with E-state index in [0.29, 0.717) is 15.7 Å². The fourth-order valence-electron chi connectivity index (χ4n) is 2.12. The van der Waals surface area contributed by atoms with Crippen LogP contribution in [0.4, 0.5) is 11.4 Å². The van der Waals surface area contributed by atoms with E-state index in [1.165, 1.54) is 0 Å². The Hall–Kier alpha value is -2.04. The third-order valence-electron chi connectivity index (χ3n) is 3.14. The van der Waals surface area contributed by atoms with Gasteiger partial charge in [0.15, 0.2) is 0 Å². The smallest absolute Gasteiger partial charge is 0.233 e. The fraction of sp³-hybridized carbons (Fsp3) is 0.176. The van der Waals surface area contributed by atoms with Gasteiger partial charge in [-0.25, -0.2) is 0 Å². The number of nitrogens with one attached hydrogen (secondary N) is 2. The van der Waals surface area contributed by atoms with Crippen LogP contribution in [-0.4, -0.2) is 11.8 Å². The van der Waals surface area contributed by atoms with Crippen molar-refractivity contribution in [3.63, 3.8) is 0 Å². The van der Waals surface area contributed by atoms with Crippen LogP contribution in [0.15, 0.2) is 42.5 Å². The van der Waals surface area contributed by atoms with Gasteiger partial charge >= 0.3 is 0 Å². The molecule has 0 radical (unpaired) electrons. The zero-order valence-corrected chi connectivity index (χ0v) is 14.0. The van der Waals surface area contributed by atoms with Crippen LogP contribution in [-0.2, 0) is 16.0 Å². The lowest BCUT2D eigenvalue weighted by molar-refractivity contribution is -0.123. The molecule has 0 saturated carbocycles. The molecule has 0 spiro atoms. The molecule has 0 bridgehead atoms. The van der Waals surface area contributed by atoms with Gasteiger partial charge in [0.2, 0.25) is 11.8 Å². The maximum Gasteiger partial charge on any atom is 0.233 e. The van der Waals surface area contributed by atoms with Gasteiger partial charge in [-0.1, -0.05) is 48.3 Å². The summed E-state index contributed by atoms with van der Waals surface area (Å²) in [5.41, 5.74) is 2.19. The highest BCUT2D eigenvalue weighted by atomic mass is 35.5. The average Bonchev–Trinajstić information content (AvgIpc) is 2.46. The van der Waals surface area contributed by atoms with Gasteiger partial charge < -0.3 is 10.6 Å². The second-order valence-corrected chi connectivity index (χ2v) is 5.81. The molecule has 2 N–H and O–H groups in total. The number of carbonyl (C=O) groups excluding carboxylic acids is 2. The zero-order valence-electron chi connectivity index (χ0n) is 12.5. The van der Waals surface area contributed by atoms with Crippen LogP contribution in [0.25, 0.3) is 0 Å². The summed E-state index contributed by atoms with van der Waals surface area (Å²) in [6.45, 7) is 2.00. The van der Waals surface area contributed by atoms with Crippen LogP contribution >= 0.6 is 23.2 Å². The van der Waals surface area contributed by atoms with E-state index < -0.39 is 5.91 Å². The number of carbonyl (C=O) groups is 2. The normalized spacial score (nSPS) is 10.2. The molecule has 120 valence electrons. The molecule has 0 aliphatic carbocycles. The number of amides is 2. The summed E-state index contributed by atoms with van der Waals surface area (Å²) in [7, 11) is 0. The standard InChI is InChI=1S/C17H16Cl2N2O2/c1-2-11-5-3-4-6-15(11)21-17(23)10-16(22)20-14-8-12(18)7-13(19)9-14/h3-9H,2,10H2,1H3,(H,20,22)(H,21,23). The number of hydrogen-bond donors (Lipinski definition) is 2. The minimum absolute atomic E-state index is 0.290. The molecule has 4 nitrogen and oxygen atoms in total. The molecule has 0 aliphatic heterocycles. The summed E-state index contributed by atoms with van der Waals surface area (Å²) in [4.78, 5) is 23.9. The first-order chi connectivity index (χ1) is 11.0. The molecule has 2 aromatic rings. The van der Waals surface area contributed by atoms with Crippen LogP contribution in [0.1, 0.15) is 18.9 Å². The van der Waals surface area contributed by atoms with Gasteiger partial charge in [0.1, 0.15) is 6.42 Å². The minimum atomic E-state index is -0.435. The molecule has 2 rings (SSSR count). The lowest BCUT2D eigenvalue weighted by atomic mass is 10.1. The Bertz CT molecular complexity index is 712. The highest BCUT2D eigenvalue weighted by Crippen LogP contribution is 2.22. The third kappa shape index (κ3) is 5.27. The Morgan fingerprint density at radius 3 is 2.22 bits per heavy atom. The van der Waals surface area contributed by atoms with E-state index in [1.807, 2.05) is 31.2 Å². The zero-order chi connectivity index (χ0) is 16.8. The van der Waals surface area contributed by atoms with Gasteiger partial charge in [-0.15, -0.1) is 0 Å². The molecule has 0 unspecified atom stereocenters. The van der Waals surface area contributed by atoms with Gasteiger partial charge in [0.25, 0.3) is 0 Å². The Kier molecular flexibility index (Phi) is 6.02. The van der Waals surface area contributed by atoms with Gasteiger partial charge in [-0.05, 0) is 36.2 Å². The Labute approximate surface area is 144 Å². The van der Waals surface area contributed by atoms with Crippen LogP contribution in [0.3, 0.4) is 0 Å². The van der Waals surface area contributed by atoms with Gasteiger partial charge in [0, 0.05) is 21.4 Å². The molecule has 0 fully saturated rings. The summed E-state index contributed by atoms with van der Waals surface area (Å²) >= 11 is 11.7. The van der Waals surface area contributed by atoms with Crippen molar-refractivity contribution < 1.29 is 9.59 Å². The number of benzene rings is 2. The predicted molar refractivity (Wildman–Crippen MR) is 94.2 cm³/mol. The molecule has 0 aromatic heterocycles. The third-order valence-corrected chi connectivity index (χ3v) is 3.58. The summed E-state index contributed by atoms with van der Waals surface area (Å²) in [5.74, 6) is -0.814. The van der Waals surface area contributed by atoms with Crippen molar-refractivity contribution in [2.75, 3.05) is 10.6 Å². The molecule has 0 saturated heterocycles. The second kappa shape index (κ2) is 7.99. The maximum absolute atomic E-state index is 12.0. The van der Waals surface area contributed by atoms with E-state index in [2.05, 4.69) is 10.6 Å². The Morgan fingerprint density at radius 2 is 1.57 bits per heavy atom. The van der Waals surface area contributed by atoms with Crippen LogP contribution in [0, 0.1) is 0 Å². The van der Waals surface area contributed by atoms with E-state index in [-0.39, 0.29) is 12.3 Å². The van der Waals surface area contributed by atoms with Gasteiger partial charge in [-0.2, -0.15) is 0 Å². The first-order valence-corrected chi connectivity index (χ1v) is 7.87. The van der Waals surface area contributed by atoms with Crippen molar-refractivity contribution in [2.45, 2.75) is 19.8 Å². The lowest BCUT2D eigenvalue weighted by Gasteiger charge is -2.10. The minimum Gasteiger partial charge on any atom is -0.326 e. The molecular formula is C17H16Cl2N2O2. The van der Waals surface area contributed by atoms with Crippen LogP contribution < -0.4 is 10.6 Å². The second-order valence-electron chi connectivity index (χ2n) is 4.94. The highest BCUT2D eigenvalue weighted by molar-refractivity contribution is 6.35. The number of anilines is 2. The van der Waals surface area contributed by atoms with Crippen molar-refractivity contribution >= 4 is 46.4 Å².